The SMILES string of the molecule is N.O.O.O.O.[Mo+4]. The van der Waals surface area contributed by atoms with Crippen molar-refractivity contribution in [2.24, 2.45) is 0 Å². The molecule has 5 nitrogen and oxygen atoms in total. The molecule has 0 spiro atoms. The Kier molecular flexibility index (Phi) is 63300. The molecular weight excluding hydrogens is 174 g/mol. The molecule has 0 saturated carbocycles. The Morgan fingerprint density at radius 3 is 0.500 bits per heavy atom. The summed E-state index contributed by atoms with van der Waals surface area (Å²) < 4.78 is 0. The molecule has 0 heterocycles. The zero-order chi connectivity index (χ0) is 0. The molecule has 0 saturated heterocycles. The smallest absolute Gasteiger partial charge is 0.412 e. The van der Waals surface area contributed by atoms with E-state index in [1.54, 1.807) is 0 Å². The van der Waals surface area contributed by atoms with E-state index >= 15 is 0 Å². The predicted molar refractivity (Wildman–Crippen MR) is 19.5 cm³/mol. The van der Waals surface area contributed by atoms with Crippen LogP contribution in [0.2, 0.25) is 0 Å². The van der Waals surface area contributed by atoms with E-state index in [2.05, 4.69) is 0 Å². The molecule has 11 N–H and O–H groups in total. The standard InChI is InChI=1S/Mo.H3N.4H2O/h;1H3;4*1H2/q+4;;;;;. The molecule has 0 fully saturated rings. The quantitative estimate of drug-likeness (QED) is 0.388. The fraction of sp³-hybridized carbons (Fsp3) is 0. The predicted octanol–water partition coefficient (Wildman–Crippen LogP) is -3.14. The summed E-state index contributed by atoms with van der Waals surface area (Å²) in [5.41, 5.74) is 0. The molecule has 6 heteroatoms. The van der Waals surface area contributed by atoms with Crippen LogP contribution >= 0.6 is 0 Å². The van der Waals surface area contributed by atoms with E-state index in [4.69, 9.17) is 0 Å². The van der Waals surface area contributed by atoms with Crippen molar-refractivity contribution in [2.75, 3.05) is 0 Å². The molecular formula is H11MoNO4+4. The molecule has 6 heavy (non-hydrogen) atoms. The monoisotopic (exact) mass is 187 g/mol. The molecule has 0 aromatic heterocycles. The van der Waals surface area contributed by atoms with Crippen LogP contribution in [0.4, 0.5) is 0 Å². The largest absolute Gasteiger partial charge is 4.00 e. The first kappa shape index (κ1) is 820. The Bertz CT molecular complexity index is 7.51. The third-order valence-corrected chi connectivity index (χ3v) is 0. The van der Waals surface area contributed by atoms with Crippen molar-refractivity contribution in [3.63, 3.8) is 0 Å². The molecule has 0 aliphatic rings. The summed E-state index contributed by atoms with van der Waals surface area (Å²) in [6.07, 6.45) is 0. The van der Waals surface area contributed by atoms with Gasteiger partial charge in [-0.3, -0.25) is 0 Å². The minimum atomic E-state index is 0. The van der Waals surface area contributed by atoms with Crippen molar-refractivity contribution < 1.29 is 43.0 Å². The third-order valence-electron chi connectivity index (χ3n) is 0. The maximum absolute atomic E-state index is 0. The van der Waals surface area contributed by atoms with Gasteiger partial charge in [-0.2, -0.15) is 0 Å². The first-order chi connectivity index (χ1) is 0. The minimum absolute atomic E-state index is 0. The van der Waals surface area contributed by atoms with E-state index in [1.165, 1.54) is 0 Å². The Morgan fingerprint density at radius 1 is 0.500 bits per heavy atom. The maximum Gasteiger partial charge on any atom is 4.00 e. The van der Waals surface area contributed by atoms with Gasteiger partial charge in [-0.15, -0.1) is 0 Å². The van der Waals surface area contributed by atoms with Gasteiger partial charge in [0.15, 0.2) is 0 Å². The summed E-state index contributed by atoms with van der Waals surface area (Å²) in [4.78, 5) is 0. The molecule has 0 atom stereocenters. The molecule has 0 amide bonds. The van der Waals surface area contributed by atoms with Crippen LogP contribution in [-0.4, -0.2) is 21.9 Å². The van der Waals surface area contributed by atoms with Crippen molar-refractivity contribution in [2.45, 2.75) is 0 Å². The number of hydrogen-bond acceptors (Lipinski definition) is 1. The van der Waals surface area contributed by atoms with E-state index in [0.717, 1.165) is 0 Å². The van der Waals surface area contributed by atoms with Crippen molar-refractivity contribution in [1.82, 2.24) is 6.15 Å². The second-order valence-corrected chi connectivity index (χ2v) is 0. The molecule has 0 bridgehead atoms. The summed E-state index contributed by atoms with van der Waals surface area (Å²) >= 11 is 0. The van der Waals surface area contributed by atoms with Gasteiger partial charge in [0.25, 0.3) is 0 Å². The van der Waals surface area contributed by atoms with Crippen molar-refractivity contribution in [3.05, 3.63) is 0 Å². The molecule has 0 aliphatic carbocycles. The molecule has 0 radical (unpaired) electrons. The molecule has 0 rings (SSSR count). The normalized spacial score (nSPS) is 0. The van der Waals surface area contributed by atoms with Gasteiger partial charge in [-0.05, 0) is 0 Å². The average molecular weight is 185 g/mol. The second-order valence-electron chi connectivity index (χ2n) is 0. The van der Waals surface area contributed by atoms with Crippen LogP contribution in [0, 0.1) is 0 Å². The molecule has 0 aromatic rings. The van der Waals surface area contributed by atoms with Crippen LogP contribution in [0.5, 0.6) is 0 Å². The maximum atomic E-state index is 0. The Hall–Kier alpha value is 0.488. The topological polar surface area (TPSA) is 161 Å². The Morgan fingerprint density at radius 2 is 0.500 bits per heavy atom. The van der Waals surface area contributed by atoms with Crippen LogP contribution in [-0.2, 0) is 21.1 Å². The van der Waals surface area contributed by atoms with Gasteiger partial charge < -0.3 is 28.1 Å². The zero-order valence-corrected chi connectivity index (χ0v) is 5.12. The third kappa shape index (κ3) is 229. The summed E-state index contributed by atoms with van der Waals surface area (Å²) in [7, 11) is 0. The molecule has 0 aliphatic heterocycles. The Labute approximate surface area is 49.8 Å². The molecule has 0 aromatic carbocycles. The molecule has 42 valence electrons. The van der Waals surface area contributed by atoms with E-state index in [0.29, 0.717) is 0 Å². The van der Waals surface area contributed by atoms with Gasteiger partial charge in [0, 0.05) is 0 Å². The van der Waals surface area contributed by atoms with E-state index in [9.17, 15) is 0 Å². The van der Waals surface area contributed by atoms with Crippen molar-refractivity contribution >= 4 is 0 Å². The minimum Gasteiger partial charge on any atom is -0.412 e. The number of hydrogen-bond donors (Lipinski definition) is 1. The van der Waals surface area contributed by atoms with Crippen LogP contribution in [0.3, 0.4) is 0 Å². The van der Waals surface area contributed by atoms with Gasteiger partial charge in [0.1, 0.15) is 0 Å². The van der Waals surface area contributed by atoms with Crippen LogP contribution in [0.15, 0.2) is 0 Å². The van der Waals surface area contributed by atoms with Gasteiger partial charge in [0.05, 0.1) is 0 Å². The second kappa shape index (κ2) is 464. The fourth-order valence-corrected chi connectivity index (χ4v) is 0. The summed E-state index contributed by atoms with van der Waals surface area (Å²) in [6.45, 7) is 0. The van der Waals surface area contributed by atoms with Gasteiger partial charge in [0.2, 0.25) is 0 Å². The van der Waals surface area contributed by atoms with Gasteiger partial charge in [-0.1, -0.05) is 0 Å². The summed E-state index contributed by atoms with van der Waals surface area (Å²) in [6, 6.07) is 0. The van der Waals surface area contributed by atoms with Crippen LogP contribution in [0.25, 0.3) is 0 Å². The number of rotatable bonds is 0. The first-order valence-electron chi connectivity index (χ1n) is 0. The summed E-state index contributed by atoms with van der Waals surface area (Å²) in [5, 5.41) is 0. The summed E-state index contributed by atoms with van der Waals surface area (Å²) in [5.74, 6) is 0. The van der Waals surface area contributed by atoms with Crippen molar-refractivity contribution in [3.8, 4) is 0 Å². The van der Waals surface area contributed by atoms with Gasteiger partial charge >= 0.3 is 21.1 Å². The van der Waals surface area contributed by atoms with Gasteiger partial charge in [-0.25, -0.2) is 0 Å². The van der Waals surface area contributed by atoms with Crippen LogP contribution < -0.4 is 6.15 Å². The zero-order valence-electron chi connectivity index (χ0n) is 3.12. The average Bonchev–Trinajstić information content (AvgIpc) is 0. The fourth-order valence-electron chi connectivity index (χ4n) is 0. The first-order valence-corrected chi connectivity index (χ1v) is 0. The van der Waals surface area contributed by atoms with Crippen LogP contribution in [0.1, 0.15) is 0 Å². The van der Waals surface area contributed by atoms with E-state index in [1.807, 2.05) is 0 Å². The van der Waals surface area contributed by atoms with E-state index < -0.39 is 0 Å². The van der Waals surface area contributed by atoms with E-state index in [-0.39, 0.29) is 49.1 Å². The Balaban J connectivity index is 0. The molecule has 0 unspecified atom stereocenters. The van der Waals surface area contributed by atoms with Crippen molar-refractivity contribution in [1.29, 1.82) is 0 Å².